The van der Waals surface area contributed by atoms with Crippen LogP contribution in [-0.4, -0.2) is 39.6 Å². The largest absolute Gasteiger partial charge is 0.466 e. The van der Waals surface area contributed by atoms with Crippen LogP contribution in [0.4, 0.5) is 0 Å². The summed E-state index contributed by atoms with van der Waals surface area (Å²) in [4.78, 5) is 18.8. The van der Waals surface area contributed by atoms with E-state index in [1.165, 1.54) is 50.6 Å². The Morgan fingerprint density at radius 1 is 1.21 bits per heavy atom. The molecule has 1 saturated heterocycles. The third-order valence-electron chi connectivity index (χ3n) is 5.54. The SMILES string of the molecule is CCOC(=O)CC1CCCCN1Cc1cncn1C1CCCCC1. The number of ether oxygens (including phenoxy) is 1. The van der Waals surface area contributed by atoms with Gasteiger partial charge < -0.3 is 9.30 Å². The quantitative estimate of drug-likeness (QED) is 0.745. The molecule has 1 atom stereocenters. The van der Waals surface area contributed by atoms with Gasteiger partial charge in [-0.1, -0.05) is 25.7 Å². The highest BCUT2D eigenvalue weighted by Crippen LogP contribution is 2.30. The van der Waals surface area contributed by atoms with E-state index in [1.807, 2.05) is 19.4 Å². The number of rotatable bonds is 6. The lowest BCUT2D eigenvalue weighted by molar-refractivity contribution is -0.145. The van der Waals surface area contributed by atoms with Crippen LogP contribution in [-0.2, 0) is 16.1 Å². The van der Waals surface area contributed by atoms with E-state index in [0.29, 0.717) is 25.1 Å². The molecule has 0 aromatic carbocycles. The number of imidazole rings is 1. The molecular formula is C19H31N3O2. The molecule has 1 aliphatic carbocycles. The van der Waals surface area contributed by atoms with Gasteiger partial charge in [-0.2, -0.15) is 0 Å². The number of nitrogens with zero attached hydrogens (tertiary/aromatic N) is 3. The number of hydrogen-bond acceptors (Lipinski definition) is 4. The van der Waals surface area contributed by atoms with Crippen molar-refractivity contribution in [1.82, 2.24) is 14.5 Å². The highest BCUT2D eigenvalue weighted by atomic mass is 16.5. The number of esters is 1. The van der Waals surface area contributed by atoms with Crippen molar-refractivity contribution in [3.8, 4) is 0 Å². The van der Waals surface area contributed by atoms with Crippen molar-refractivity contribution in [1.29, 1.82) is 0 Å². The summed E-state index contributed by atoms with van der Waals surface area (Å²) < 4.78 is 7.56. The first kappa shape index (κ1) is 17.5. The first-order valence-corrected chi connectivity index (χ1v) is 9.68. The summed E-state index contributed by atoms with van der Waals surface area (Å²) in [5.74, 6) is -0.0600. The van der Waals surface area contributed by atoms with Gasteiger partial charge in [0.2, 0.25) is 0 Å². The second kappa shape index (κ2) is 8.65. The molecule has 3 rings (SSSR count). The molecule has 0 bridgehead atoms. The number of hydrogen-bond donors (Lipinski definition) is 0. The van der Waals surface area contributed by atoms with Crippen molar-refractivity contribution in [3.63, 3.8) is 0 Å². The predicted octanol–water partition coefficient (Wildman–Crippen LogP) is 3.70. The van der Waals surface area contributed by atoms with E-state index in [-0.39, 0.29) is 5.97 Å². The zero-order chi connectivity index (χ0) is 16.8. The zero-order valence-electron chi connectivity index (χ0n) is 15.0. The van der Waals surface area contributed by atoms with Crippen LogP contribution in [0.2, 0.25) is 0 Å². The molecule has 5 heteroatoms. The van der Waals surface area contributed by atoms with Crippen molar-refractivity contribution in [2.75, 3.05) is 13.2 Å². The predicted molar refractivity (Wildman–Crippen MR) is 93.6 cm³/mol. The molecule has 5 nitrogen and oxygen atoms in total. The standard InChI is InChI=1S/C19H31N3O2/c1-2-24-19(23)12-17-10-6-7-11-21(17)14-18-13-20-15-22(18)16-8-4-3-5-9-16/h13,15-17H,2-12,14H2,1H3. The topological polar surface area (TPSA) is 47.4 Å². The number of carbonyl (C=O) groups is 1. The Balaban J connectivity index is 1.65. The maximum absolute atomic E-state index is 11.9. The Hall–Kier alpha value is -1.36. The Morgan fingerprint density at radius 2 is 2.00 bits per heavy atom. The van der Waals surface area contributed by atoms with Gasteiger partial charge in [-0.15, -0.1) is 0 Å². The molecule has 0 N–H and O–H groups in total. The Kier molecular flexibility index (Phi) is 6.30. The smallest absolute Gasteiger partial charge is 0.307 e. The molecule has 2 aliphatic rings. The van der Waals surface area contributed by atoms with Crippen LogP contribution in [0.1, 0.15) is 76.4 Å². The van der Waals surface area contributed by atoms with E-state index in [2.05, 4.69) is 14.5 Å². The lowest BCUT2D eigenvalue weighted by Gasteiger charge is -2.36. The second-order valence-corrected chi connectivity index (χ2v) is 7.21. The fourth-order valence-electron chi connectivity index (χ4n) is 4.26. The van der Waals surface area contributed by atoms with E-state index in [4.69, 9.17) is 4.74 Å². The summed E-state index contributed by atoms with van der Waals surface area (Å²) in [6.45, 7) is 4.32. The number of aromatic nitrogens is 2. The Labute approximate surface area is 145 Å². The van der Waals surface area contributed by atoms with Crippen LogP contribution in [0, 0.1) is 0 Å². The maximum Gasteiger partial charge on any atom is 0.307 e. The molecule has 0 amide bonds. The van der Waals surface area contributed by atoms with Crippen LogP contribution >= 0.6 is 0 Å². The third-order valence-corrected chi connectivity index (χ3v) is 5.54. The van der Waals surface area contributed by atoms with Gasteiger partial charge in [0.1, 0.15) is 0 Å². The number of carbonyl (C=O) groups excluding carboxylic acids is 1. The van der Waals surface area contributed by atoms with E-state index >= 15 is 0 Å². The van der Waals surface area contributed by atoms with Gasteiger partial charge >= 0.3 is 5.97 Å². The lowest BCUT2D eigenvalue weighted by atomic mass is 9.95. The van der Waals surface area contributed by atoms with Crippen molar-refractivity contribution in [2.24, 2.45) is 0 Å². The van der Waals surface area contributed by atoms with E-state index in [1.54, 1.807) is 0 Å². The van der Waals surface area contributed by atoms with Crippen LogP contribution in [0.15, 0.2) is 12.5 Å². The second-order valence-electron chi connectivity index (χ2n) is 7.21. The average molecular weight is 333 g/mol. The summed E-state index contributed by atoms with van der Waals surface area (Å²) in [5.41, 5.74) is 1.30. The monoisotopic (exact) mass is 333 g/mol. The summed E-state index contributed by atoms with van der Waals surface area (Å²) in [6.07, 6.45) is 14.6. The van der Waals surface area contributed by atoms with E-state index in [0.717, 1.165) is 19.5 Å². The molecule has 1 unspecified atom stereocenters. The number of likely N-dealkylation sites (tertiary alicyclic amines) is 1. The van der Waals surface area contributed by atoms with Crippen LogP contribution < -0.4 is 0 Å². The van der Waals surface area contributed by atoms with Gasteiger partial charge in [-0.25, -0.2) is 4.98 Å². The van der Waals surface area contributed by atoms with E-state index in [9.17, 15) is 4.79 Å². The van der Waals surface area contributed by atoms with Gasteiger partial charge in [0.25, 0.3) is 0 Å². The first-order valence-electron chi connectivity index (χ1n) is 9.68. The highest BCUT2D eigenvalue weighted by molar-refractivity contribution is 5.70. The van der Waals surface area contributed by atoms with Crippen molar-refractivity contribution in [3.05, 3.63) is 18.2 Å². The van der Waals surface area contributed by atoms with Gasteiger partial charge in [-0.05, 0) is 39.2 Å². The van der Waals surface area contributed by atoms with Gasteiger partial charge in [0, 0.05) is 24.8 Å². The molecule has 2 heterocycles. The molecule has 2 fully saturated rings. The highest BCUT2D eigenvalue weighted by Gasteiger charge is 2.27. The Bertz CT molecular complexity index is 522. The van der Waals surface area contributed by atoms with E-state index < -0.39 is 0 Å². The minimum atomic E-state index is -0.0600. The molecule has 1 aromatic heterocycles. The summed E-state index contributed by atoms with van der Waals surface area (Å²) in [6, 6.07) is 0.928. The maximum atomic E-state index is 11.9. The van der Waals surface area contributed by atoms with Crippen LogP contribution in [0.25, 0.3) is 0 Å². The average Bonchev–Trinajstić information content (AvgIpc) is 3.06. The van der Waals surface area contributed by atoms with Gasteiger partial charge in [0.15, 0.2) is 0 Å². The molecular weight excluding hydrogens is 302 g/mol. The molecule has 24 heavy (non-hydrogen) atoms. The summed E-state index contributed by atoms with van der Waals surface area (Å²) >= 11 is 0. The lowest BCUT2D eigenvalue weighted by Crippen LogP contribution is -2.41. The third kappa shape index (κ3) is 4.38. The number of piperidine rings is 1. The molecule has 134 valence electrons. The molecule has 0 radical (unpaired) electrons. The fraction of sp³-hybridized carbons (Fsp3) is 0.789. The fourth-order valence-corrected chi connectivity index (χ4v) is 4.26. The van der Waals surface area contributed by atoms with Gasteiger partial charge in [0.05, 0.1) is 25.0 Å². The summed E-state index contributed by atoms with van der Waals surface area (Å²) in [7, 11) is 0. The Morgan fingerprint density at radius 3 is 2.79 bits per heavy atom. The minimum absolute atomic E-state index is 0.0600. The van der Waals surface area contributed by atoms with Crippen LogP contribution in [0.3, 0.4) is 0 Å². The van der Waals surface area contributed by atoms with Crippen molar-refractivity contribution >= 4 is 5.97 Å². The molecule has 1 saturated carbocycles. The molecule has 1 aromatic rings. The summed E-state index contributed by atoms with van der Waals surface area (Å²) in [5, 5.41) is 0. The zero-order valence-corrected chi connectivity index (χ0v) is 15.0. The van der Waals surface area contributed by atoms with Crippen LogP contribution in [0.5, 0.6) is 0 Å². The van der Waals surface area contributed by atoms with Crippen molar-refractivity contribution in [2.45, 2.75) is 83.3 Å². The van der Waals surface area contributed by atoms with Crippen molar-refractivity contribution < 1.29 is 9.53 Å². The molecule has 1 aliphatic heterocycles. The normalized spacial score (nSPS) is 23.3. The minimum Gasteiger partial charge on any atom is -0.466 e. The first-order chi connectivity index (χ1) is 11.8. The van der Waals surface area contributed by atoms with Gasteiger partial charge in [-0.3, -0.25) is 9.69 Å². The molecule has 0 spiro atoms.